The van der Waals surface area contributed by atoms with E-state index in [2.05, 4.69) is 10.2 Å². The zero-order chi connectivity index (χ0) is 18.1. The van der Waals surface area contributed by atoms with Gasteiger partial charge in [0.05, 0.1) is 24.4 Å². The van der Waals surface area contributed by atoms with Gasteiger partial charge in [-0.25, -0.2) is 4.98 Å². The van der Waals surface area contributed by atoms with Gasteiger partial charge in [-0.2, -0.15) is 0 Å². The molecular formula is C20H23N3O3. The van der Waals surface area contributed by atoms with Crippen LogP contribution in [0.25, 0.3) is 0 Å². The molecule has 1 fully saturated rings. The van der Waals surface area contributed by atoms with E-state index in [1.54, 1.807) is 0 Å². The first-order chi connectivity index (χ1) is 12.6. The molecule has 0 aliphatic carbocycles. The lowest BCUT2D eigenvalue weighted by molar-refractivity contribution is 0.0965. The zero-order valence-corrected chi connectivity index (χ0v) is 14.9. The summed E-state index contributed by atoms with van der Waals surface area (Å²) in [5.74, 6) is 1.80. The van der Waals surface area contributed by atoms with Crippen LogP contribution in [0.15, 0.2) is 30.3 Å². The van der Waals surface area contributed by atoms with Gasteiger partial charge in [-0.1, -0.05) is 12.1 Å². The molecule has 1 aromatic carbocycles. The van der Waals surface area contributed by atoms with Gasteiger partial charge in [-0.3, -0.25) is 4.79 Å². The molecule has 0 atom stereocenters. The number of nitrogens with zero attached hydrogens (tertiary/aromatic N) is 2. The first-order valence-electron chi connectivity index (χ1n) is 9.04. The Hall–Kier alpha value is -2.60. The first kappa shape index (κ1) is 16.8. The normalized spacial score (nSPS) is 17.2. The van der Waals surface area contributed by atoms with Gasteiger partial charge >= 0.3 is 0 Å². The number of aromatic nitrogens is 1. The van der Waals surface area contributed by atoms with Gasteiger partial charge < -0.3 is 20.1 Å². The Kier molecular flexibility index (Phi) is 4.51. The summed E-state index contributed by atoms with van der Waals surface area (Å²) in [6.07, 6.45) is 2.04. The van der Waals surface area contributed by atoms with E-state index in [4.69, 9.17) is 14.8 Å². The number of rotatable bonds is 4. The predicted molar refractivity (Wildman–Crippen MR) is 98.4 cm³/mol. The number of anilines is 1. The molecule has 2 aliphatic rings. The highest BCUT2D eigenvalue weighted by atomic mass is 16.5. The largest absolute Gasteiger partial charge is 0.490 e. The maximum absolute atomic E-state index is 11.8. The second kappa shape index (κ2) is 6.96. The van der Waals surface area contributed by atoms with Gasteiger partial charge in [0.15, 0.2) is 0 Å². The highest BCUT2D eigenvalue weighted by Crippen LogP contribution is 2.27. The number of hydrogen-bond donors (Lipinski definition) is 2. The molecular weight excluding hydrogens is 330 g/mol. The minimum atomic E-state index is -0.0264. The topological polar surface area (TPSA) is 74.7 Å². The smallest absolute Gasteiger partial charge is 0.253 e. The van der Waals surface area contributed by atoms with Gasteiger partial charge in [0, 0.05) is 25.9 Å². The molecule has 0 saturated carbocycles. The molecule has 6 nitrogen and oxygen atoms in total. The number of ether oxygens (including phenoxy) is 1. The van der Waals surface area contributed by atoms with E-state index in [0.29, 0.717) is 12.1 Å². The van der Waals surface area contributed by atoms with Gasteiger partial charge in [0.2, 0.25) is 0 Å². The van der Waals surface area contributed by atoms with Crippen LogP contribution >= 0.6 is 0 Å². The molecule has 1 amide bonds. The fraction of sp³-hybridized carbons (Fsp3) is 0.400. The lowest BCUT2D eigenvalue weighted by Crippen LogP contribution is -2.39. The first-order valence-corrected chi connectivity index (χ1v) is 9.04. The fourth-order valence-corrected chi connectivity index (χ4v) is 3.60. The van der Waals surface area contributed by atoms with Gasteiger partial charge in [0.1, 0.15) is 17.7 Å². The molecule has 4 rings (SSSR count). The Labute approximate surface area is 152 Å². The SMILES string of the molecule is Cc1cc2c(nc1N1CCC(Oc3ccc(CO)cc3)CC1)CNC2=O. The number of carbonyl (C=O) groups excluding carboxylic acids is 1. The van der Waals surface area contributed by atoms with Crippen LogP contribution in [0.4, 0.5) is 5.82 Å². The summed E-state index contributed by atoms with van der Waals surface area (Å²) in [5, 5.41) is 11.9. The third kappa shape index (κ3) is 3.24. The van der Waals surface area contributed by atoms with Gasteiger partial charge in [0.25, 0.3) is 5.91 Å². The number of nitrogens with one attached hydrogen (secondary N) is 1. The molecule has 26 heavy (non-hydrogen) atoms. The molecule has 1 saturated heterocycles. The third-order valence-corrected chi connectivity index (χ3v) is 5.08. The molecule has 2 N–H and O–H groups in total. The fourth-order valence-electron chi connectivity index (χ4n) is 3.60. The molecule has 3 heterocycles. The summed E-state index contributed by atoms with van der Waals surface area (Å²) < 4.78 is 6.07. The average Bonchev–Trinajstić information content (AvgIpc) is 3.02. The molecule has 0 bridgehead atoms. The number of hydrogen-bond acceptors (Lipinski definition) is 5. The van der Waals surface area contributed by atoms with Crippen molar-refractivity contribution >= 4 is 11.7 Å². The number of benzene rings is 1. The van der Waals surface area contributed by atoms with Crippen LogP contribution in [-0.2, 0) is 13.2 Å². The van der Waals surface area contributed by atoms with E-state index in [1.807, 2.05) is 37.3 Å². The van der Waals surface area contributed by atoms with Crippen LogP contribution in [0.5, 0.6) is 5.75 Å². The molecule has 2 aliphatic heterocycles. The van der Waals surface area contributed by atoms with Crippen molar-refractivity contribution < 1.29 is 14.6 Å². The zero-order valence-electron chi connectivity index (χ0n) is 14.9. The van der Waals surface area contributed by atoms with E-state index in [1.165, 1.54) is 0 Å². The lowest BCUT2D eigenvalue weighted by atomic mass is 10.1. The molecule has 136 valence electrons. The maximum Gasteiger partial charge on any atom is 0.253 e. The van der Waals surface area contributed by atoms with E-state index in [-0.39, 0.29) is 18.6 Å². The standard InChI is InChI=1S/C20H23N3O3/c1-13-10-17-18(11-21-20(17)25)22-19(13)23-8-6-16(7-9-23)26-15-4-2-14(12-24)3-5-15/h2-5,10,16,24H,6-9,11-12H2,1H3,(H,21,25). The summed E-state index contributed by atoms with van der Waals surface area (Å²) in [5.41, 5.74) is 3.48. The van der Waals surface area contributed by atoms with Crippen molar-refractivity contribution in [2.24, 2.45) is 0 Å². The number of carbonyl (C=O) groups is 1. The van der Waals surface area contributed by atoms with Crippen molar-refractivity contribution in [3.63, 3.8) is 0 Å². The van der Waals surface area contributed by atoms with E-state index < -0.39 is 0 Å². The average molecular weight is 353 g/mol. The van der Waals surface area contributed by atoms with E-state index >= 15 is 0 Å². The summed E-state index contributed by atoms with van der Waals surface area (Å²) in [6.45, 7) is 4.35. The van der Waals surface area contributed by atoms with Crippen molar-refractivity contribution in [3.8, 4) is 5.75 Å². The number of aliphatic hydroxyl groups excluding tert-OH is 1. The third-order valence-electron chi connectivity index (χ3n) is 5.08. The van der Waals surface area contributed by atoms with Gasteiger partial charge in [-0.15, -0.1) is 0 Å². The van der Waals surface area contributed by atoms with Gasteiger partial charge in [-0.05, 0) is 36.2 Å². The van der Waals surface area contributed by atoms with Crippen LogP contribution in [0, 0.1) is 6.92 Å². The van der Waals surface area contributed by atoms with Crippen molar-refractivity contribution in [2.45, 2.75) is 39.0 Å². The number of aryl methyl sites for hydroxylation is 1. The predicted octanol–water partition coefficient (Wildman–Crippen LogP) is 2.17. The van der Waals surface area contributed by atoms with Crippen LogP contribution in [0.2, 0.25) is 0 Å². The monoisotopic (exact) mass is 353 g/mol. The Morgan fingerprint density at radius 1 is 1.27 bits per heavy atom. The number of piperidine rings is 1. The second-order valence-electron chi connectivity index (χ2n) is 6.91. The van der Waals surface area contributed by atoms with Crippen molar-refractivity contribution in [1.82, 2.24) is 10.3 Å². The summed E-state index contributed by atoms with van der Waals surface area (Å²) >= 11 is 0. The quantitative estimate of drug-likeness (QED) is 0.881. The Morgan fingerprint density at radius 3 is 2.69 bits per heavy atom. The van der Waals surface area contributed by atoms with Crippen LogP contribution in [0.3, 0.4) is 0 Å². The van der Waals surface area contributed by atoms with Crippen LogP contribution < -0.4 is 15.0 Å². The summed E-state index contributed by atoms with van der Waals surface area (Å²) in [4.78, 5) is 18.8. The number of amides is 1. The van der Waals surface area contributed by atoms with Crippen molar-refractivity contribution in [3.05, 3.63) is 52.7 Å². The van der Waals surface area contributed by atoms with E-state index in [9.17, 15) is 4.79 Å². The van der Waals surface area contributed by atoms with Crippen molar-refractivity contribution in [1.29, 1.82) is 0 Å². The van der Waals surface area contributed by atoms with Crippen LogP contribution in [-0.4, -0.2) is 35.2 Å². The molecule has 0 radical (unpaired) electrons. The highest BCUT2D eigenvalue weighted by molar-refractivity contribution is 5.98. The second-order valence-corrected chi connectivity index (χ2v) is 6.91. The molecule has 0 unspecified atom stereocenters. The highest BCUT2D eigenvalue weighted by Gasteiger charge is 2.26. The Bertz CT molecular complexity index is 812. The molecule has 0 spiro atoms. The Balaban J connectivity index is 1.40. The minimum absolute atomic E-state index is 0.0264. The summed E-state index contributed by atoms with van der Waals surface area (Å²) in [7, 11) is 0. The maximum atomic E-state index is 11.8. The number of fused-ring (bicyclic) bond motifs is 1. The molecule has 6 heteroatoms. The minimum Gasteiger partial charge on any atom is -0.490 e. The van der Waals surface area contributed by atoms with Crippen molar-refractivity contribution in [2.75, 3.05) is 18.0 Å². The molecule has 1 aromatic heterocycles. The Morgan fingerprint density at radius 2 is 2.00 bits per heavy atom. The lowest BCUT2D eigenvalue weighted by Gasteiger charge is -2.34. The van der Waals surface area contributed by atoms with E-state index in [0.717, 1.165) is 54.3 Å². The summed E-state index contributed by atoms with van der Waals surface area (Å²) in [6, 6.07) is 9.54. The number of aliphatic hydroxyl groups is 1. The van der Waals surface area contributed by atoms with Crippen LogP contribution in [0.1, 0.15) is 40.0 Å². The molecule has 2 aromatic rings. The number of pyridine rings is 1.